The standard InChI is InChI=1S/C14H10N4O6/c15-7-1-3-8(4-2-7)16-17-11-5-10(14(21)22)12(18(23)24)6-9(11)13(19)20/h1-6H,15H2,(H,19,20)(H,21,22)/b17-16+. The molecule has 4 N–H and O–H groups in total. The Bertz CT molecular complexity index is 860. The molecule has 0 fully saturated rings. The van der Waals surface area contributed by atoms with Gasteiger partial charge in [-0.25, -0.2) is 9.59 Å². The first-order chi connectivity index (χ1) is 11.3. The van der Waals surface area contributed by atoms with Crippen molar-refractivity contribution in [3.63, 3.8) is 0 Å². The maximum Gasteiger partial charge on any atom is 0.342 e. The summed E-state index contributed by atoms with van der Waals surface area (Å²) in [6.45, 7) is 0. The van der Waals surface area contributed by atoms with Crippen LogP contribution in [0.5, 0.6) is 0 Å². The van der Waals surface area contributed by atoms with E-state index in [1.807, 2.05) is 0 Å². The Hall–Kier alpha value is -3.82. The molecule has 0 bridgehead atoms. The number of aromatic carboxylic acids is 2. The minimum atomic E-state index is -1.58. The van der Waals surface area contributed by atoms with Crippen LogP contribution in [0.25, 0.3) is 0 Å². The number of nitrogens with two attached hydrogens (primary N) is 1. The lowest BCUT2D eigenvalue weighted by Gasteiger charge is -2.04. The third kappa shape index (κ3) is 3.50. The first kappa shape index (κ1) is 16.5. The molecule has 24 heavy (non-hydrogen) atoms. The topological polar surface area (TPSA) is 168 Å². The quantitative estimate of drug-likeness (QED) is 0.327. The number of nitro benzene ring substituents is 1. The van der Waals surface area contributed by atoms with E-state index in [1.54, 1.807) is 12.1 Å². The third-order valence-electron chi connectivity index (χ3n) is 2.94. The summed E-state index contributed by atoms with van der Waals surface area (Å²) < 4.78 is 0. The number of carboxylic acid groups (broad SMARTS) is 2. The summed E-state index contributed by atoms with van der Waals surface area (Å²) in [4.78, 5) is 32.3. The number of azo groups is 1. The van der Waals surface area contributed by atoms with Gasteiger partial charge in [-0.3, -0.25) is 10.1 Å². The number of hydrogen-bond acceptors (Lipinski definition) is 7. The zero-order valence-electron chi connectivity index (χ0n) is 11.9. The van der Waals surface area contributed by atoms with E-state index in [0.29, 0.717) is 17.4 Å². The Labute approximate surface area is 134 Å². The summed E-state index contributed by atoms with van der Waals surface area (Å²) in [5.74, 6) is -3.08. The van der Waals surface area contributed by atoms with Crippen LogP contribution < -0.4 is 5.73 Å². The lowest BCUT2D eigenvalue weighted by atomic mass is 10.1. The molecule has 0 aliphatic carbocycles. The molecule has 0 saturated carbocycles. The average molecular weight is 330 g/mol. The highest BCUT2D eigenvalue weighted by atomic mass is 16.6. The van der Waals surface area contributed by atoms with E-state index >= 15 is 0 Å². The SMILES string of the molecule is Nc1ccc(/N=N/c2cc(C(=O)O)c([N+](=O)[O-])cc2C(=O)O)cc1. The maximum atomic E-state index is 11.2. The van der Waals surface area contributed by atoms with E-state index < -0.39 is 33.7 Å². The molecule has 0 amide bonds. The van der Waals surface area contributed by atoms with Gasteiger partial charge in [0, 0.05) is 11.8 Å². The molecule has 122 valence electrons. The molecule has 0 aliphatic heterocycles. The van der Waals surface area contributed by atoms with Gasteiger partial charge in [-0.15, -0.1) is 5.11 Å². The van der Waals surface area contributed by atoms with Gasteiger partial charge in [-0.05, 0) is 30.3 Å². The highest BCUT2D eigenvalue weighted by molar-refractivity contribution is 6.00. The monoisotopic (exact) mass is 330 g/mol. The van der Waals surface area contributed by atoms with Crippen molar-refractivity contribution in [2.75, 3.05) is 5.73 Å². The minimum absolute atomic E-state index is 0.317. The molecule has 2 rings (SSSR count). The van der Waals surface area contributed by atoms with Gasteiger partial charge in [0.25, 0.3) is 5.69 Å². The van der Waals surface area contributed by atoms with E-state index in [1.165, 1.54) is 12.1 Å². The predicted molar refractivity (Wildman–Crippen MR) is 82.0 cm³/mol. The summed E-state index contributed by atoms with van der Waals surface area (Å²) in [6, 6.07) is 7.56. The van der Waals surface area contributed by atoms with E-state index in [-0.39, 0.29) is 5.69 Å². The van der Waals surface area contributed by atoms with Crippen molar-refractivity contribution < 1.29 is 24.7 Å². The van der Waals surface area contributed by atoms with Gasteiger partial charge in [0.1, 0.15) is 11.3 Å². The van der Waals surface area contributed by atoms with Crippen LogP contribution in [0.3, 0.4) is 0 Å². The second-order valence-electron chi connectivity index (χ2n) is 4.55. The van der Waals surface area contributed by atoms with E-state index in [2.05, 4.69) is 10.2 Å². The second kappa shape index (κ2) is 6.52. The Morgan fingerprint density at radius 3 is 2.08 bits per heavy atom. The van der Waals surface area contributed by atoms with Crippen LogP contribution in [-0.2, 0) is 0 Å². The highest BCUT2D eigenvalue weighted by Crippen LogP contribution is 2.30. The largest absolute Gasteiger partial charge is 0.478 e. The number of nitro groups is 1. The predicted octanol–water partition coefficient (Wildman–Crippen LogP) is 2.99. The molecular weight excluding hydrogens is 320 g/mol. The van der Waals surface area contributed by atoms with Crippen LogP contribution in [0, 0.1) is 10.1 Å². The number of rotatable bonds is 5. The van der Waals surface area contributed by atoms with E-state index in [4.69, 9.17) is 15.9 Å². The van der Waals surface area contributed by atoms with Crippen LogP contribution in [0.1, 0.15) is 20.7 Å². The van der Waals surface area contributed by atoms with Crippen LogP contribution in [0.4, 0.5) is 22.7 Å². The van der Waals surface area contributed by atoms with Gasteiger partial charge in [-0.2, -0.15) is 5.11 Å². The van der Waals surface area contributed by atoms with Crippen LogP contribution in [-0.4, -0.2) is 27.1 Å². The molecular formula is C14H10N4O6. The molecule has 0 radical (unpaired) electrons. The van der Waals surface area contributed by atoms with Gasteiger partial charge in [0.2, 0.25) is 0 Å². The van der Waals surface area contributed by atoms with Gasteiger partial charge in [0.05, 0.1) is 16.2 Å². The third-order valence-corrected chi connectivity index (χ3v) is 2.94. The summed E-state index contributed by atoms with van der Waals surface area (Å²) >= 11 is 0. The number of carbonyl (C=O) groups is 2. The smallest absolute Gasteiger partial charge is 0.342 e. The first-order valence-electron chi connectivity index (χ1n) is 6.36. The maximum absolute atomic E-state index is 11.2. The molecule has 10 nitrogen and oxygen atoms in total. The lowest BCUT2D eigenvalue weighted by molar-refractivity contribution is -0.385. The molecule has 0 heterocycles. The van der Waals surface area contributed by atoms with Crippen molar-refractivity contribution in [3.05, 3.63) is 57.6 Å². The van der Waals surface area contributed by atoms with Gasteiger partial charge < -0.3 is 15.9 Å². The molecule has 0 spiro atoms. The molecule has 0 unspecified atom stereocenters. The van der Waals surface area contributed by atoms with Crippen molar-refractivity contribution in [2.45, 2.75) is 0 Å². The summed E-state index contributed by atoms with van der Waals surface area (Å²) in [5, 5.41) is 36.6. The molecule has 0 atom stereocenters. The number of carboxylic acids is 2. The summed E-state index contributed by atoms with van der Waals surface area (Å²) in [5.41, 5.74) is 3.97. The fourth-order valence-electron chi connectivity index (χ4n) is 1.81. The number of anilines is 1. The fourth-order valence-corrected chi connectivity index (χ4v) is 1.81. The normalized spacial score (nSPS) is 10.7. The zero-order valence-corrected chi connectivity index (χ0v) is 11.9. The van der Waals surface area contributed by atoms with Crippen LogP contribution in [0.15, 0.2) is 46.6 Å². The first-order valence-corrected chi connectivity index (χ1v) is 6.36. The van der Waals surface area contributed by atoms with Gasteiger partial charge in [-0.1, -0.05) is 0 Å². The Morgan fingerprint density at radius 2 is 1.58 bits per heavy atom. The molecule has 0 saturated heterocycles. The Morgan fingerprint density at radius 1 is 1.00 bits per heavy atom. The van der Waals surface area contributed by atoms with Crippen molar-refractivity contribution in [1.29, 1.82) is 0 Å². The summed E-state index contributed by atoms with van der Waals surface area (Å²) in [7, 11) is 0. The number of benzene rings is 2. The van der Waals surface area contributed by atoms with E-state index in [0.717, 1.165) is 6.07 Å². The zero-order chi connectivity index (χ0) is 17.9. The van der Waals surface area contributed by atoms with Crippen molar-refractivity contribution in [1.82, 2.24) is 0 Å². The average Bonchev–Trinajstić information content (AvgIpc) is 2.53. The van der Waals surface area contributed by atoms with Gasteiger partial charge in [0.15, 0.2) is 0 Å². The highest BCUT2D eigenvalue weighted by Gasteiger charge is 2.25. The molecule has 2 aromatic carbocycles. The minimum Gasteiger partial charge on any atom is -0.478 e. The van der Waals surface area contributed by atoms with Crippen molar-refractivity contribution in [2.24, 2.45) is 10.2 Å². The number of nitrogen functional groups attached to an aromatic ring is 1. The molecule has 0 aromatic heterocycles. The second-order valence-corrected chi connectivity index (χ2v) is 4.55. The van der Waals surface area contributed by atoms with Crippen LogP contribution >= 0.6 is 0 Å². The number of nitrogens with zero attached hydrogens (tertiary/aromatic N) is 3. The van der Waals surface area contributed by atoms with Crippen molar-refractivity contribution >= 4 is 34.7 Å². The number of hydrogen-bond donors (Lipinski definition) is 3. The molecule has 2 aromatic rings. The van der Waals surface area contributed by atoms with E-state index in [9.17, 15) is 19.7 Å². The fraction of sp³-hybridized carbons (Fsp3) is 0. The lowest BCUT2D eigenvalue weighted by Crippen LogP contribution is -2.06. The molecule has 10 heteroatoms. The molecule has 0 aliphatic rings. The van der Waals surface area contributed by atoms with Crippen LogP contribution in [0.2, 0.25) is 0 Å². The van der Waals surface area contributed by atoms with Crippen molar-refractivity contribution in [3.8, 4) is 0 Å². The summed E-state index contributed by atoms with van der Waals surface area (Å²) in [6.07, 6.45) is 0. The Kier molecular flexibility index (Phi) is 4.50. The van der Waals surface area contributed by atoms with Gasteiger partial charge >= 0.3 is 11.9 Å². The Balaban J connectivity index is 2.57.